The molecule has 10 N–H and O–H groups in total. The lowest BCUT2D eigenvalue weighted by molar-refractivity contribution is -0.268. The number of aromatic hydroxyl groups is 1. The first-order chi connectivity index (χ1) is 27.7. The summed E-state index contributed by atoms with van der Waals surface area (Å²) in [7, 11) is 0. The van der Waals surface area contributed by atoms with Gasteiger partial charge < -0.3 is 56.3 Å². The number of phenolic OH excluding ortho intramolecular Hbond substituents is 1. The Hall–Kier alpha value is -5.62. The summed E-state index contributed by atoms with van der Waals surface area (Å²) in [5, 5.41) is 63.7. The lowest BCUT2D eigenvalue weighted by Gasteiger charge is -2.39. The van der Waals surface area contributed by atoms with E-state index >= 15 is 0 Å². The highest BCUT2D eigenvalue weighted by Crippen LogP contribution is 2.45. The molecule has 0 saturated carbocycles. The van der Waals surface area contributed by atoms with Crippen molar-refractivity contribution in [2.45, 2.75) is 76.6 Å². The van der Waals surface area contributed by atoms with Crippen molar-refractivity contribution < 1.29 is 64.0 Å². The molecule has 1 aliphatic heterocycles. The highest BCUT2D eigenvalue weighted by molar-refractivity contribution is 6.31. The Kier molecular flexibility index (Phi) is 12.7. The Morgan fingerprint density at radius 1 is 0.879 bits per heavy atom. The number of esters is 1. The molecule has 4 aromatic carbocycles. The normalized spacial score (nSPS) is 20.3. The van der Waals surface area contributed by atoms with Crippen LogP contribution >= 0.6 is 0 Å². The zero-order chi connectivity index (χ0) is 42.0. The molecule has 0 radical (unpaired) electrons. The van der Waals surface area contributed by atoms with Crippen LogP contribution in [0.5, 0.6) is 17.2 Å². The standard InChI is InChI=1S/C43H44N2O13/c1-20-36(50)40(54)41(55)43(56-20)58-32-17-29-35(37(51)28(32)15-24-9-4-10-26(42(44)45)30(24)19-48)39(53)33-25(18-47)16-31(57-21(2)49)27(34(33)38(29)52)12-11-23-7-3-6-22(14-23)8-5-13-46/h3-4,6-7,9-12,14,16-17,19-20,36,40-43,46-47,50-51,54-55H,5,8,13,15,18,44-45H2,1-2H3/b12-11+/t20-,36+,40+,41+,43+/m0/s1. The van der Waals surface area contributed by atoms with Gasteiger partial charge in [0.1, 0.15) is 35.6 Å². The summed E-state index contributed by atoms with van der Waals surface area (Å²) in [4.78, 5) is 54.2. The third kappa shape index (κ3) is 8.07. The number of aldehydes is 1. The summed E-state index contributed by atoms with van der Waals surface area (Å²) in [5.74, 6) is -3.63. The molecular formula is C43H44N2O13. The molecule has 58 heavy (non-hydrogen) atoms. The van der Waals surface area contributed by atoms with Gasteiger partial charge >= 0.3 is 5.97 Å². The summed E-state index contributed by atoms with van der Waals surface area (Å²) in [6.45, 7) is 1.81. The van der Waals surface area contributed by atoms with E-state index in [1.807, 2.05) is 18.2 Å². The van der Waals surface area contributed by atoms with E-state index < -0.39 is 72.3 Å². The van der Waals surface area contributed by atoms with Gasteiger partial charge in [-0.2, -0.15) is 0 Å². The van der Waals surface area contributed by atoms with Crippen molar-refractivity contribution in [3.05, 3.63) is 121 Å². The van der Waals surface area contributed by atoms with Crippen molar-refractivity contribution >= 4 is 36.0 Å². The van der Waals surface area contributed by atoms with Gasteiger partial charge in [-0.05, 0) is 65.8 Å². The van der Waals surface area contributed by atoms with Gasteiger partial charge in [0.15, 0.2) is 17.9 Å². The zero-order valence-electron chi connectivity index (χ0n) is 31.6. The Morgan fingerprint density at radius 3 is 2.29 bits per heavy atom. The molecule has 304 valence electrons. The maximum atomic E-state index is 14.8. The molecule has 1 heterocycles. The molecule has 0 spiro atoms. The summed E-state index contributed by atoms with van der Waals surface area (Å²) in [6.07, 6.45) is -4.31. The number of aryl methyl sites for hydroxylation is 1. The lowest BCUT2D eigenvalue weighted by atomic mass is 9.77. The van der Waals surface area contributed by atoms with E-state index in [1.54, 1.807) is 30.3 Å². The number of rotatable bonds is 13. The Morgan fingerprint density at radius 2 is 1.62 bits per heavy atom. The number of carbonyl (C=O) groups is 4. The summed E-state index contributed by atoms with van der Waals surface area (Å²) < 4.78 is 17.3. The molecule has 0 amide bonds. The second-order valence-corrected chi connectivity index (χ2v) is 14.2. The van der Waals surface area contributed by atoms with E-state index in [-0.39, 0.29) is 74.6 Å². The van der Waals surface area contributed by atoms with Crippen molar-refractivity contribution in [1.82, 2.24) is 0 Å². The largest absolute Gasteiger partial charge is 0.507 e. The number of hydrogen-bond donors (Lipinski definition) is 8. The van der Waals surface area contributed by atoms with E-state index in [0.29, 0.717) is 24.7 Å². The topological polar surface area (TPSA) is 269 Å². The first-order valence-corrected chi connectivity index (χ1v) is 18.5. The van der Waals surface area contributed by atoms with Crippen LogP contribution in [0, 0.1) is 0 Å². The van der Waals surface area contributed by atoms with E-state index in [1.165, 1.54) is 19.1 Å². The van der Waals surface area contributed by atoms with Crippen molar-refractivity contribution in [2.24, 2.45) is 11.5 Å². The third-order valence-corrected chi connectivity index (χ3v) is 10.3. The summed E-state index contributed by atoms with van der Waals surface area (Å²) in [6, 6.07) is 14.4. The molecule has 15 heteroatoms. The fraction of sp³-hybridized carbons (Fsp3) is 0.302. The SMILES string of the molecule is CC(=O)Oc1cc(CO)c2c(c1/C=C/c1cccc(CCCO)c1)C(=O)c1cc(O[C@H]3O[C@@H](C)[C@@H](O)[C@@H](O)[C@H]3O)c(Cc3cccc(C(N)N)c3C=O)c(O)c1C2=O. The number of ketones is 2. The minimum Gasteiger partial charge on any atom is -0.507 e. The van der Waals surface area contributed by atoms with Gasteiger partial charge in [-0.3, -0.25) is 19.2 Å². The van der Waals surface area contributed by atoms with Gasteiger partial charge in [-0.15, -0.1) is 0 Å². The van der Waals surface area contributed by atoms with Crippen LogP contribution in [0.2, 0.25) is 0 Å². The fourth-order valence-electron chi connectivity index (χ4n) is 7.34. The van der Waals surface area contributed by atoms with Gasteiger partial charge in [0, 0.05) is 53.3 Å². The van der Waals surface area contributed by atoms with Crippen LogP contribution in [0.4, 0.5) is 0 Å². The third-order valence-electron chi connectivity index (χ3n) is 10.3. The maximum absolute atomic E-state index is 14.8. The fourth-order valence-corrected chi connectivity index (χ4v) is 7.34. The van der Waals surface area contributed by atoms with Crippen molar-refractivity contribution in [3.8, 4) is 17.2 Å². The molecule has 1 saturated heterocycles. The van der Waals surface area contributed by atoms with Crippen LogP contribution in [0.3, 0.4) is 0 Å². The minimum absolute atomic E-state index is 0.00495. The zero-order valence-corrected chi connectivity index (χ0v) is 31.6. The van der Waals surface area contributed by atoms with Crippen LogP contribution in [0.25, 0.3) is 12.2 Å². The average Bonchev–Trinajstić information content (AvgIpc) is 3.20. The lowest BCUT2D eigenvalue weighted by Crippen LogP contribution is -2.58. The molecular weight excluding hydrogens is 752 g/mol. The number of benzene rings is 4. The summed E-state index contributed by atoms with van der Waals surface area (Å²) >= 11 is 0. The number of phenols is 1. The monoisotopic (exact) mass is 796 g/mol. The van der Waals surface area contributed by atoms with Crippen LogP contribution < -0.4 is 20.9 Å². The molecule has 1 aliphatic carbocycles. The van der Waals surface area contributed by atoms with Crippen molar-refractivity contribution in [1.29, 1.82) is 0 Å². The molecule has 0 bridgehead atoms. The predicted molar refractivity (Wildman–Crippen MR) is 208 cm³/mol. The smallest absolute Gasteiger partial charge is 0.308 e. The molecule has 15 nitrogen and oxygen atoms in total. The van der Waals surface area contributed by atoms with Crippen LogP contribution in [-0.4, -0.2) is 91.8 Å². The average molecular weight is 797 g/mol. The maximum Gasteiger partial charge on any atom is 0.308 e. The second-order valence-electron chi connectivity index (χ2n) is 14.2. The van der Waals surface area contributed by atoms with Crippen LogP contribution in [-0.2, 0) is 29.0 Å². The molecule has 5 atom stereocenters. The quantitative estimate of drug-likeness (QED) is 0.0279. The van der Waals surface area contributed by atoms with E-state index in [0.717, 1.165) is 18.6 Å². The molecule has 4 aromatic rings. The summed E-state index contributed by atoms with van der Waals surface area (Å²) in [5.41, 5.74) is 12.6. The highest BCUT2D eigenvalue weighted by atomic mass is 16.7. The number of aliphatic hydroxyl groups excluding tert-OH is 5. The molecule has 1 fully saturated rings. The van der Waals surface area contributed by atoms with E-state index in [9.17, 15) is 49.8 Å². The number of nitrogens with two attached hydrogens (primary N) is 2. The Bertz CT molecular complexity index is 2300. The van der Waals surface area contributed by atoms with Gasteiger partial charge in [0.25, 0.3) is 0 Å². The first-order valence-electron chi connectivity index (χ1n) is 18.5. The molecule has 2 aliphatic rings. The number of hydrogen-bond acceptors (Lipinski definition) is 15. The van der Waals surface area contributed by atoms with Gasteiger partial charge in [-0.25, -0.2) is 0 Å². The number of fused-ring (bicyclic) bond motifs is 2. The van der Waals surface area contributed by atoms with Gasteiger partial charge in [0.05, 0.1) is 24.4 Å². The highest BCUT2D eigenvalue weighted by Gasteiger charge is 2.44. The Labute approximate surface area is 332 Å². The number of aliphatic hydroxyl groups is 5. The molecule has 6 rings (SSSR count). The first kappa shape index (κ1) is 42.0. The van der Waals surface area contributed by atoms with Gasteiger partial charge in [0.2, 0.25) is 6.29 Å². The number of carbonyl (C=O) groups excluding carboxylic acids is 4. The predicted octanol–water partition coefficient (Wildman–Crippen LogP) is 2.21. The molecule has 0 aromatic heterocycles. The number of ether oxygens (including phenoxy) is 3. The minimum atomic E-state index is -1.82. The second kappa shape index (κ2) is 17.5. The van der Waals surface area contributed by atoms with Crippen LogP contribution in [0.1, 0.15) is 108 Å². The van der Waals surface area contributed by atoms with Crippen molar-refractivity contribution in [3.63, 3.8) is 0 Å². The van der Waals surface area contributed by atoms with Gasteiger partial charge in [-0.1, -0.05) is 48.5 Å². The van der Waals surface area contributed by atoms with Crippen LogP contribution in [0.15, 0.2) is 54.6 Å². The van der Waals surface area contributed by atoms with E-state index in [4.69, 9.17) is 25.7 Å². The molecule has 0 unspecified atom stereocenters. The van der Waals surface area contributed by atoms with Crippen molar-refractivity contribution in [2.75, 3.05) is 6.61 Å². The Balaban J connectivity index is 1.57. The van der Waals surface area contributed by atoms with E-state index in [2.05, 4.69) is 0 Å².